The Labute approximate surface area is 119 Å². The van der Waals surface area contributed by atoms with E-state index in [4.69, 9.17) is 0 Å². The zero-order chi connectivity index (χ0) is 12.8. The van der Waals surface area contributed by atoms with Crippen LogP contribution in [0.3, 0.4) is 0 Å². The van der Waals surface area contributed by atoms with Crippen molar-refractivity contribution in [3.05, 3.63) is 36.9 Å². The first kappa shape index (κ1) is 13.9. The van der Waals surface area contributed by atoms with Crippen LogP contribution in [0.2, 0.25) is 0 Å². The van der Waals surface area contributed by atoms with E-state index in [9.17, 15) is 0 Å². The molecule has 1 aromatic carbocycles. The Hall–Kier alpha value is -0.540. The third kappa shape index (κ3) is 3.72. The highest BCUT2D eigenvalue weighted by Crippen LogP contribution is 2.32. The van der Waals surface area contributed by atoms with Crippen LogP contribution in [0.5, 0.6) is 0 Å². The maximum atomic E-state index is 3.79. The van der Waals surface area contributed by atoms with Gasteiger partial charge in [-0.05, 0) is 30.7 Å². The van der Waals surface area contributed by atoms with E-state index in [1.165, 1.54) is 29.2 Å². The average molecular weight is 279 g/mol. The Morgan fingerprint density at radius 3 is 3.11 bits per heavy atom. The molecule has 0 amide bonds. The van der Waals surface area contributed by atoms with Crippen LogP contribution in [-0.4, -0.2) is 22.8 Å². The van der Waals surface area contributed by atoms with Crippen molar-refractivity contribution in [1.82, 2.24) is 0 Å². The average Bonchev–Trinajstić information content (AvgIpc) is 2.40. The lowest BCUT2D eigenvalue weighted by Crippen LogP contribution is -2.32. The lowest BCUT2D eigenvalue weighted by Gasteiger charge is -2.30. The third-order valence-electron chi connectivity index (χ3n) is 3.19. The first-order chi connectivity index (χ1) is 8.81. The summed E-state index contributed by atoms with van der Waals surface area (Å²) in [5.74, 6) is 2.28. The van der Waals surface area contributed by atoms with Crippen molar-refractivity contribution in [2.75, 3.05) is 16.8 Å². The fourth-order valence-corrected chi connectivity index (χ4v) is 4.07. The lowest BCUT2D eigenvalue weighted by atomic mass is 10.1. The van der Waals surface area contributed by atoms with Crippen molar-refractivity contribution in [2.45, 2.75) is 36.0 Å². The zero-order valence-electron chi connectivity index (χ0n) is 10.9. The second kappa shape index (κ2) is 7.15. The largest absolute Gasteiger partial charge is 0.380 e. The van der Waals surface area contributed by atoms with Gasteiger partial charge in [-0.3, -0.25) is 0 Å². The molecule has 98 valence electrons. The second-order valence-electron chi connectivity index (χ2n) is 4.56. The molecule has 1 aliphatic heterocycles. The smallest absolute Gasteiger partial charge is 0.0480 e. The first-order valence-corrected chi connectivity index (χ1v) is 8.55. The fourth-order valence-electron chi connectivity index (χ4n) is 2.17. The number of nitrogens with one attached hydrogen (secondary N) is 1. The van der Waals surface area contributed by atoms with Gasteiger partial charge in [-0.2, -0.15) is 11.8 Å². The summed E-state index contributed by atoms with van der Waals surface area (Å²) in [6.07, 6.45) is 4.57. The van der Waals surface area contributed by atoms with Crippen LogP contribution in [0.4, 0.5) is 5.69 Å². The van der Waals surface area contributed by atoms with Gasteiger partial charge in [-0.1, -0.05) is 25.1 Å². The summed E-state index contributed by atoms with van der Waals surface area (Å²) in [4.78, 5) is 1.33. The molecule has 2 atom stereocenters. The Morgan fingerprint density at radius 1 is 1.50 bits per heavy atom. The summed E-state index contributed by atoms with van der Waals surface area (Å²) in [6, 6.07) is 9.21. The van der Waals surface area contributed by atoms with E-state index < -0.39 is 0 Å². The summed E-state index contributed by atoms with van der Waals surface area (Å²) < 4.78 is 0. The molecule has 0 aliphatic carbocycles. The van der Waals surface area contributed by atoms with Crippen LogP contribution in [0.1, 0.15) is 19.8 Å². The number of anilines is 1. The van der Waals surface area contributed by atoms with E-state index in [1.807, 2.05) is 17.8 Å². The fraction of sp³-hybridized carbons (Fsp3) is 0.467. The predicted molar refractivity (Wildman–Crippen MR) is 85.9 cm³/mol. The summed E-state index contributed by atoms with van der Waals surface area (Å²) in [5.41, 5.74) is 1.28. The quantitative estimate of drug-likeness (QED) is 0.622. The number of hydrogen-bond donors (Lipinski definition) is 1. The van der Waals surface area contributed by atoms with E-state index in [2.05, 4.69) is 54.8 Å². The Balaban J connectivity index is 2.05. The maximum Gasteiger partial charge on any atom is 0.0480 e. The number of para-hydroxylation sites is 1. The summed E-state index contributed by atoms with van der Waals surface area (Å²) in [5, 5.41) is 4.44. The van der Waals surface area contributed by atoms with Crippen molar-refractivity contribution in [3.8, 4) is 0 Å². The predicted octanol–water partition coefficient (Wildman–Crippen LogP) is 4.66. The van der Waals surface area contributed by atoms with E-state index in [0.29, 0.717) is 11.3 Å². The van der Waals surface area contributed by atoms with Gasteiger partial charge in [-0.15, -0.1) is 18.3 Å². The van der Waals surface area contributed by atoms with Gasteiger partial charge in [-0.25, -0.2) is 0 Å². The summed E-state index contributed by atoms with van der Waals surface area (Å²) in [7, 11) is 0. The number of benzene rings is 1. The molecule has 3 heteroatoms. The van der Waals surface area contributed by atoms with Crippen LogP contribution >= 0.6 is 23.5 Å². The summed E-state index contributed by atoms with van der Waals surface area (Å²) >= 11 is 3.93. The van der Waals surface area contributed by atoms with Crippen LogP contribution < -0.4 is 5.32 Å². The molecule has 1 nitrogen and oxygen atoms in total. The van der Waals surface area contributed by atoms with Gasteiger partial charge in [0.1, 0.15) is 0 Å². The van der Waals surface area contributed by atoms with Crippen molar-refractivity contribution in [3.63, 3.8) is 0 Å². The minimum atomic E-state index is 0.606. The molecule has 2 unspecified atom stereocenters. The van der Waals surface area contributed by atoms with E-state index in [-0.39, 0.29) is 0 Å². The number of thioether (sulfide) groups is 2. The standard InChI is InChI=1S/C15H21NS2/c1-3-10-18-15-9-5-4-7-14(15)16-13-8-6-11-17-12(13)2/h3-5,7,9,12-13,16H,1,6,8,10-11H2,2H3. The van der Waals surface area contributed by atoms with Crippen LogP contribution in [0, 0.1) is 0 Å². The van der Waals surface area contributed by atoms with E-state index in [0.717, 1.165) is 5.75 Å². The second-order valence-corrected chi connectivity index (χ2v) is 7.11. The maximum absolute atomic E-state index is 3.79. The van der Waals surface area contributed by atoms with Crippen molar-refractivity contribution >= 4 is 29.2 Å². The van der Waals surface area contributed by atoms with Gasteiger partial charge >= 0.3 is 0 Å². The third-order valence-corrected chi connectivity index (χ3v) is 5.64. The Morgan fingerprint density at radius 2 is 2.33 bits per heavy atom. The Bertz CT molecular complexity index is 392. The molecule has 0 radical (unpaired) electrons. The molecule has 0 aromatic heterocycles. The van der Waals surface area contributed by atoms with Crippen molar-refractivity contribution in [1.29, 1.82) is 0 Å². The Kier molecular flexibility index (Phi) is 5.51. The highest BCUT2D eigenvalue weighted by molar-refractivity contribution is 8.00. The topological polar surface area (TPSA) is 12.0 Å². The van der Waals surface area contributed by atoms with E-state index >= 15 is 0 Å². The highest BCUT2D eigenvalue weighted by Gasteiger charge is 2.22. The number of rotatable bonds is 5. The number of hydrogen-bond acceptors (Lipinski definition) is 3. The first-order valence-electron chi connectivity index (χ1n) is 6.52. The van der Waals surface area contributed by atoms with Crippen molar-refractivity contribution < 1.29 is 0 Å². The van der Waals surface area contributed by atoms with Gasteiger partial charge in [0, 0.05) is 27.6 Å². The molecule has 1 aromatic rings. The minimum absolute atomic E-state index is 0.606. The molecule has 1 saturated heterocycles. The molecule has 2 rings (SSSR count). The van der Waals surface area contributed by atoms with Gasteiger partial charge in [0.2, 0.25) is 0 Å². The van der Waals surface area contributed by atoms with Gasteiger partial charge < -0.3 is 5.32 Å². The molecule has 1 aliphatic rings. The molecule has 0 saturated carbocycles. The SMILES string of the molecule is C=CCSc1ccccc1NC1CCCSC1C. The van der Waals surface area contributed by atoms with Gasteiger partial charge in [0.05, 0.1) is 0 Å². The highest BCUT2D eigenvalue weighted by atomic mass is 32.2. The molecule has 1 N–H and O–H groups in total. The molecular formula is C15H21NS2. The monoisotopic (exact) mass is 279 g/mol. The molecule has 0 bridgehead atoms. The van der Waals surface area contributed by atoms with Gasteiger partial charge in [0.25, 0.3) is 0 Å². The summed E-state index contributed by atoms with van der Waals surface area (Å²) in [6.45, 7) is 6.12. The molecule has 1 fully saturated rings. The normalized spacial score (nSPS) is 23.6. The van der Waals surface area contributed by atoms with Gasteiger partial charge in [0.15, 0.2) is 0 Å². The van der Waals surface area contributed by atoms with Crippen LogP contribution in [-0.2, 0) is 0 Å². The lowest BCUT2D eigenvalue weighted by molar-refractivity contribution is 0.616. The molecule has 0 spiro atoms. The molecule has 18 heavy (non-hydrogen) atoms. The molecular weight excluding hydrogens is 258 g/mol. The molecule has 1 heterocycles. The van der Waals surface area contributed by atoms with Crippen LogP contribution in [0.15, 0.2) is 41.8 Å². The van der Waals surface area contributed by atoms with E-state index in [1.54, 1.807) is 0 Å². The van der Waals surface area contributed by atoms with Crippen molar-refractivity contribution in [2.24, 2.45) is 0 Å². The zero-order valence-corrected chi connectivity index (χ0v) is 12.5. The van der Waals surface area contributed by atoms with Crippen LogP contribution in [0.25, 0.3) is 0 Å². The minimum Gasteiger partial charge on any atom is -0.380 e.